The molecule has 0 atom stereocenters. The molecule has 128 valence electrons. The Hall–Kier alpha value is -2.33. The second kappa shape index (κ2) is 9.08. The van der Waals surface area contributed by atoms with Gasteiger partial charge in [0.15, 0.2) is 0 Å². The first-order valence-corrected chi connectivity index (χ1v) is 8.46. The van der Waals surface area contributed by atoms with Gasteiger partial charge in [0.1, 0.15) is 12.4 Å². The summed E-state index contributed by atoms with van der Waals surface area (Å²) in [5, 5.41) is 2.93. The van der Waals surface area contributed by atoms with Crippen molar-refractivity contribution in [1.29, 1.82) is 0 Å². The van der Waals surface area contributed by atoms with E-state index in [-0.39, 0.29) is 5.91 Å². The average Bonchev–Trinajstić information content (AvgIpc) is 2.60. The fourth-order valence-corrected chi connectivity index (χ4v) is 2.42. The summed E-state index contributed by atoms with van der Waals surface area (Å²) in [5.41, 5.74) is 2.47. The molecule has 1 amide bonds. The predicted octanol–water partition coefficient (Wildman–Crippen LogP) is 3.97. The largest absolute Gasteiger partial charge is 0.490 e. The average molecular weight is 326 g/mol. The molecule has 0 saturated carbocycles. The van der Waals surface area contributed by atoms with Gasteiger partial charge < -0.3 is 15.0 Å². The Balaban J connectivity index is 2.00. The molecule has 0 aliphatic rings. The van der Waals surface area contributed by atoms with Gasteiger partial charge in [0, 0.05) is 12.1 Å². The zero-order valence-electron chi connectivity index (χ0n) is 14.7. The van der Waals surface area contributed by atoms with Crippen molar-refractivity contribution in [3.63, 3.8) is 0 Å². The highest BCUT2D eigenvalue weighted by Gasteiger charge is 2.10. The van der Waals surface area contributed by atoms with Gasteiger partial charge in [-0.3, -0.25) is 4.79 Å². The third-order valence-corrected chi connectivity index (χ3v) is 4.01. The van der Waals surface area contributed by atoms with E-state index < -0.39 is 0 Å². The van der Waals surface area contributed by atoms with E-state index in [0.29, 0.717) is 23.6 Å². The summed E-state index contributed by atoms with van der Waals surface area (Å²) >= 11 is 0. The lowest BCUT2D eigenvalue weighted by atomic mass is 10.1. The lowest BCUT2D eigenvalue weighted by Gasteiger charge is -2.19. The molecule has 0 fully saturated rings. The molecule has 0 aromatic heterocycles. The standard InChI is InChI=1S/C20H26N2O2/c1-4-22(5-2)14-15-24-19-9-7-6-8-18(19)21-20(23)17-12-10-16(3)11-13-17/h6-13H,4-5,14-15H2,1-3H3,(H,21,23). The molecule has 0 aliphatic heterocycles. The summed E-state index contributed by atoms with van der Waals surface area (Å²) in [4.78, 5) is 14.7. The van der Waals surface area contributed by atoms with Crippen molar-refractivity contribution in [2.75, 3.05) is 31.6 Å². The fourth-order valence-electron chi connectivity index (χ4n) is 2.42. The first-order chi connectivity index (χ1) is 11.6. The summed E-state index contributed by atoms with van der Waals surface area (Å²) in [7, 11) is 0. The SMILES string of the molecule is CCN(CC)CCOc1ccccc1NC(=O)c1ccc(C)cc1. The van der Waals surface area contributed by atoms with Crippen molar-refractivity contribution in [3.8, 4) is 5.75 Å². The number of nitrogens with one attached hydrogen (secondary N) is 1. The predicted molar refractivity (Wildman–Crippen MR) is 98.9 cm³/mol. The van der Waals surface area contributed by atoms with Crippen molar-refractivity contribution in [1.82, 2.24) is 4.90 Å². The number of aryl methyl sites for hydroxylation is 1. The minimum atomic E-state index is -0.130. The van der Waals surface area contributed by atoms with Crippen molar-refractivity contribution in [3.05, 3.63) is 59.7 Å². The lowest BCUT2D eigenvalue weighted by molar-refractivity contribution is 0.102. The maximum Gasteiger partial charge on any atom is 0.255 e. The third kappa shape index (κ3) is 5.10. The maximum absolute atomic E-state index is 12.4. The van der Waals surface area contributed by atoms with E-state index in [4.69, 9.17) is 4.74 Å². The molecule has 0 aliphatic carbocycles. The molecule has 24 heavy (non-hydrogen) atoms. The highest BCUT2D eigenvalue weighted by molar-refractivity contribution is 6.05. The highest BCUT2D eigenvalue weighted by Crippen LogP contribution is 2.24. The Morgan fingerprint density at radius 1 is 1.04 bits per heavy atom. The number of para-hydroxylation sites is 2. The molecule has 4 heteroatoms. The number of nitrogens with zero attached hydrogens (tertiary/aromatic N) is 1. The molecule has 0 radical (unpaired) electrons. The number of anilines is 1. The van der Waals surface area contributed by atoms with E-state index in [2.05, 4.69) is 24.1 Å². The fraction of sp³-hybridized carbons (Fsp3) is 0.350. The number of rotatable bonds is 8. The van der Waals surface area contributed by atoms with Crippen LogP contribution in [0.15, 0.2) is 48.5 Å². The monoisotopic (exact) mass is 326 g/mol. The van der Waals surface area contributed by atoms with Gasteiger partial charge >= 0.3 is 0 Å². The van der Waals surface area contributed by atoms with Crippen LogP contribution in [-0.2, 0) is 0 Å². The van der Waals surface area contributed by atoms with Gasteiger partial charge in [-0.25, -0.2) is 0 Å². The van der Waals surface area contributed by atoms with E-state index >= 15 is 0 Å². The first kappa shape index (κ1) is 18.0. The van der Waals surface area contributed by atoms with Gasteiger partial charge in [0.05, 0.1) is 5.69 Å². The van der Waals surface area contributed by atoms with Crippen LogP contribution in [-0.4, -0.2) is 37.0 Å². The second-order valence-electron chi connectivity index (χ2n) is 5.69. The van der Waals surface area contributed by atoms with E-state index in [1.54, 1.807) is 0 Å². The molecule has 0 unspecified atom stereocenters. The number of amides is 1. The normalized spacial score (nSPS) is 10.7. The number of likely N-dealkylation sites (N-methyl/N-ethyl adjacent to an activating group) is 1. The molecular weight excluding hydrogens is 300 g/mol. The van der Waals surface area contributed by atoms with E-state index in [1.165, 1.54) is 0 Å². The van der Waals surface area contributed by atoms with E-state index in [9.17, 15) is 4.79 Å². The molecule has 2 rings (SSSR count). The molecule has 0 saturated heterocycles. The van der Waals surface area contributed by atoms with Crippen molar-refractivity contribution in [2.24, 2.45) is 0 Å². The molecule has 0 heterocycles. The van der Waals surface area contributed by atoms with Crippen LogP contribution < -0.4 is 10.1 Å². The van der Waals surface area contributed by atoms with Gasteiger partial charge in [0.25, 0.3) is 5.91 Å². The van der Waals surface area contributed by atoms with Gasteiger partial charge in [-0.15, -0.1) is 0 Å². The summed E-state index contributed by atoms with van der Waals surface area (Å²) < 4.78 is 5.87. The Morgan fingerprint density at radius 3 is 2.38 bits per heavy atom. The van der Waals surface area contributed by atoms with Crippen molar-refractivity contribution >= 4 is 11.6 Å². The number of hydrogen-bond donors (Lipinski definition) is 1. The zero-order chi connectivity index (χ0) is 17.4. The summed E-state index contributed by atoms with van der Waals surface area (Å²) in [6.07, 6.45) is 0. The van der Waals surface area contributed by atoms with Crippen LogP contribution in [0.5, 0.6) is 5.75 Å². The Kier molecular flexibility index (Phi) is 6.82. The summed E-state index contributed by atoms with van der Waals surface area (Å²) in [6.45, 7) is 9.75. The zero-order valence-corrected chi connectivity index (χ0v) is 14.7. The quantitative estimate of drug-likeness (QED) is 0.798. The minimum absolute atomic E-state index is 0.130. The van der Waals surface area contributed by atoms with Crippen molar-refractivity contribution in [2.45, 2.75) is 20.8 Å². The number of carbonyl (C=O) groups excluding carboxylic acids is 1. The number of benzene rings is 2. The smallest absolute Gasteiger partial charge is 0.255 e. The molecular formula is C20H26N2O2. The highest BCUT2D eigenvalue weighted by atomic mass is 16.5. The molecule has 2 aromatic rings. The van der Waals surface area contributed by atoms with Crippen LogP contribution in [0.3, 0.4) is 0 Å². The topological polar surface area (TPSA) is 41.6 Å². The summed E-state index contributed by atoms with van der Waals surface area (Å²) in [6, 6.07) is 15.1. The van der Waals surface area contributed by atoms with Crippen LogP contribution >= 0.6 is 0 Å². The Morgan fingerprint density at radius 2 is 1.71 bits per heavy atom. The maximum atomic E-state index is 12.4. The second-order valence-corrected chi connectivity index (χ2v) is 5.69. The molecule has 2 aromatic carbocycles. The van der Waals surface area contributed by atoms with Gasteiger partial charge in [0.2, 0.25) is 0 Å². The number of hydrogen-bond acceptors (Lipinski definition) is 3. The summed E-state index contributed by atoms with van der Waals surface area (Å²) in [5.74, 6) is 0.569. The van der Waals surface area contributed by atoms with Crippen LogP contribution in [0.4, 0.5) is 5.69 Å². The van der Waals surface area contributed by atoms with Gasteiger partial charge in [-0.2, -0.15) is 0 Å². The van der Waals surface area contributed by atoms with Crippen LogP contribution in [0.25, 0.3) is 0 Å². The molecule has 1 N–H and O–H groups in total. The number of carbonyl (C=O) groups is 1. The number of ether oxygens (including phenoxy) is 1. The molecule has 0 spiro atoms. The van der Waals surface area contributed by atoms with Gasteiger partial charge in [-0.05, 0) is 44.3 Å². The molecule has 4 nitrogen and oxygen atoms in total. The van der Waals surface area contributed by atoms with Crippen LogP contribution in [0.1, 0.15) is 29.8 Å². The Bertz CT molecular complexity index is 649. The van der Waals surface area contributed by atoms with Crippen LogP contribution in [0.2, 0.25) is 0 Å². The first-order valence-electron chi connectivity index (χ1n) is 8.46. The lowest BCUT2D eigenvalue weighted by Crippen LogP contribution is -2.28. The third-order valence-electron chi connectivity index (χ3n) is 4.01. The van der Waals surface area contributed by atoms with Crippen LogP contribution in [0, 0.1) is 6.92 Å². The van der Waals surface area contributed by atoms with Gasteiger partial charge in [-0.1, -0.05) is 43.7 Å². The van der Waals surface area contributed by atoms with E-state index in [0.717, 1.165) is 25.2 Å². The van der Waals surface area contributed by atoms with Crippen molar-refractivity contribution < 1.29 is 9.53 Å². The Labute approximate surface area is 144 Å². The van der Waals surface area contributed by atoms with E-state index in [1.807, 2.05) is 55.5 Å². The molecule has 0 bridgehead atoms. The minimum Gasteiger partial charge on any atom is -0.490 e.